The first-order chi connectivity index (χ1) is 10.6. The Morgan fingerprint density at radius 1 is 1.39 bits per heavy atom. The van der Waals surface area contributed by atoms with Crippen LogP contribution in [0.25, 0.3) is 0 Å². The molecule has 2 rings (SSSR count). The number of hydrogen-bond donors (Lipinski definition) is 4. The average Bonchev–Trinajstić information content (AvgIpc) is 2.70. The molecule has 23 heavy (non-hydrogen) atoms. The summed E-state index contributed by atoms with van der Waals surface area (Å²) < 4.78 is 0.784. The highest BCUT2D eigenvalue weighted by molar-refractivity contribution is 9.10. The monoisotopic (exact) mass is 385 g/mol. The number of hydrogen-bond acceptors (Lipinski definition) is 5. The molecule has 0 radical (unpaired) electrons. The Morgan fingerprint density at radius 2 is 1.96 bits per heavy atom. The minimum absolute atomic E-state index is 0.429. The number of imide groups is 1. The Bertz CT molecular complexity index is 656. The molecule has 0 saturated carbocycles. The smallest absolute Gasteiger partial charge is 0.310 e. The van der Waals surface area contributed by atoms with Crippen LogP contribution in [0.4, 0.5) is 0 Å². The van der Waals surface area contributed by atoms with E-state index in [1.807, 2.05) is 5.32 Å². The van der Waals surface area contributed by atoms with Crippen molar-refractivity contribution in [1.29, 1.82) is 0 Å². The van der Waals surface area contributed by atoms with Gasteiger partial charge in [-0.25, -0.2) is 0 Å². The molecule has 1 aromatic carbocycles. The SMILES string of the molecule is CC(O)(CC(C(=O)O)C1(O)CC(=O)NC1=O)c1ccc(Br)cc1. The molecule has 8 heteroatoms. The van der Waals surface area contributed by atoms with E-state index < -0.39 is 47.7 Å². The molecule has 1 aromatic rings. The van der Waals surface area contributed by atoms with Crippen molar-refractivity contribution in [2.24, 2.45) is 5.92 Å². The van der Waals surface area contributed by atoms with Gasteiger partial charge in [-0.15, -0.1) is 0 Å². The maximum atomic E-state index is 11.8. The van der Waals surface area contributed by atoms with Crippen molar-refractivity contribution in [3.8, 4) is 0 Å². The molecule has 1 fully saturated rings. The molecule has 1 saturated heterocycles. The van der Waals surface area contributed by atoms with Gasteiger partial charge in [-0.1, -0.05) is 28.1 Å². The largest absolute Gasteiger partial charge is 0.481 e. The molecule has 0 spiro atoms. The van der Waals surface area contributed by atoms with Crippen LogP contribution < -0.4 is 5.32 Å². The van der Waals surface area contributed by atoms with Crippen molar-refractivity contribution in [1.82, 2.24) is 5.32 Å². The predicted molar refractivity (Wildman–Crippen MR) is 82.2 cm³/mol. The third-order valence-corrected chi connectivity index (χ3v) is 4.55. The van der Waals surface area contributed by atoms with Crippen LogP contribution in [0.1, 0.15) is 25.3 Å². The lowest BCUT2D eigenvalue weighted by Gasteiger charge is -2.33. The standard InChI is InChI=1S/C15H16BrNO6/c1-14(22,8-2-4-9(16)5-3-8)6-10(12(19)20)15(23)7-11(18)17-13(15)21/h2-5,10,22-23H,6-7H2,1H3,(H,19,20)(H,17,18,21). The van der Waals surface area contributed by atoms with E-state index in [4.69, 9.17) is 0 Å². The minimum Gasteiger partial charge on any atom is -0.481 e. The highest BCUT2D eigenvalue weighted by Crippen LogP contribution is 2.37. The van der Waals surface area contributed by atoms with E-state index in [9.17, 15) is 29.7 Å². The first-order valence-corrected chi connectivity index (χ1v) is 7.63. The van der Waals surface area contributed by atoms with Crippen LogP contribution in [0.3, 0.4) is 0 Å². The fourth-order valence-corrected chi connectivity index (χ4v) is 2.93. The number of carbonyl (C=O) groups excluding carboxylic acids is 2. The van der Waals surface area contributed by atoms with Gasteiger partial charge in [-0.05, 0) is 31.0 Å². The summed E-state index contributed by atoms with van der Waals surface area (Å²) in [4.78, 5) is 34.6. The molecule has 4 N–H and O–H groups in total. The van der Waals surface area contributed by atoms with E-state index in [0.29, 0.717) is 5.56 Å². The molecule has 1 heterocycles. The van der Waals surface area contributed by atoms with Crippen LogP contribution in [0.15, 0.2) is 28.7 Å². The Balaban J connectivity index is 2.32. The van der Waals surface area contributed by atoms with E-state index in [1.54, 1.807) is 24.3 Å². The summed E-state index contributed by atoms with van der Waals surface area (Å²) in [5.74, 6) is -4.89. The van der Waals surface area contributed by atoms with E-state index >= 15 is 0 Å². The quantitative estimate of drug-likeness (QED) is 0.548. The molecule has 7 nitrogen and oxygen atoms in total. The van der Waals surface area contributed by atoms with Crippen molar-refractivity contribution in [2.75, 3.05) is 0 Å². The number of nitrogens with one attached hydrogen (secondary N) is 1. The van der Waals surface area contributed by atoms with Gasteiger partial charge in [0.1, 0.15) is 0 Å². The minimum atomic E-state index is -2.37. The van der Waals surface area contributed by atoms with Gasteiger partial charge >= 0.3 is 5.97 Å². The summed E-state index contributed by atoms with van der Waals surface area (Å²) in [6.07, 6.45) is -1.07. The highest BCUT2D eigenvalue weighted by atomic mass is 79.9. The Hall–Kier alpha value is -1.77. The second-order valence-electron chi connectivity index (χ2n) is 5.85. The summed E-state index contributed by atoms with van der Waals surface area (Å²) >= 11 is 3.26. The predicted octanol–water partition coefficient (Wildman–Crippen LogP) is 0.525. The fraction of sp³-hybridized carbons (Fsp3) is 0.400. The Morgan fingerprint density at radius 3 is 2.39 bits per heavy atom. The molecular weight excluding hydrogens is 370 g/mol. The van der Waals surface area contributed by atoms with E-state index in [0.717, 1.165) is 4.47 Å². The summed E-state index contributed by atoms with van der Waals surface area (Å²) in [6.45, 7) is 1.39. The van der Waals surface area contributed by atoms with Crippen molar-refractivity contribution in [3.05, 3.63) is 34.3 Å². The van der Waals surface area contributed by atoms with Gasteiger partial charge < -0.3 is 15.3 Å². The van der Waals surface area contributed by atoms with E-state index in [1.165, 1.54) is 6.92 Å². The third kappa shape index (κ3) is 3.44. The van der Waals surface area contributed by atoms with Crippen LogP contribution >= 0.6 is 15.9 Å². The van der Waals surface area contributed by atoms with Crippen molar-refractivity contribution in [3.63, 3.8) is 0 Å². The zero-order valence-electron chi connectivity index (χ0n) is 12.2. The second kappa shape index (κ2) is 6.03. The van der Waals surface area contributed by atoms with Crippen LogP contribution in [-0.4, -0.2) is 38.7 Å². The lowest BCUT2D eigenvalue weighted by atomic mass is 9.76. The summed E-state index contributed by atoms with van der Waals surface area (Å²) in [5.41, 5.74) is -3.55. The molecule has 0 aromatic heterocycles. The number of amides is 2. The first kappa shape index (κ1) is 17.6. The van der Waals surface area contributed by atoms with Crippen molar-refractivity contribution >= 4 is 33.7 Å². The lowest BCUT2D eigenvalue weighted by Crippen LogP contribution is -2.50. The van der Waals surface area contributed by atoms with Gasteiger partial charge in [-0.3, -0.25) is 19.7 Å². The molecular formula is C15H16BrNO6. The average molecular weight is 386 g/mol. The molecule has 1 aliphatic heterocycles. The van der Waals surface area contributed by atoms with Crippen LogP contribution in [0.2, 0.25) is 0 Å². The van der Waals surface area contributed by atoms with Gasteiger partial charge in [0, 0.05) is 4.47 Å². The number of aliphatic hydroxyl groups is 2. The first-order valence-electron chi connectivity index (χ1n) is 6.84. The normalized spacial score (nSPS) is 24.9. The summed E-state index contributed by atoms with van der Waals surface area (Å²) in [7, 11) is 0. The summed E-state index contributed by atoms with van der Waals surface area (Å²) in [6, 6.07) is 6.57. The number of rotatable bonds is 5. The lowest BCUT2D eigenvalue weighted by molar-refractivity contribution is -0.164. The number of halogens is 1. The van der Waals surface area contributed by atoms with E-state index in [-0.39, 0.29) is 0 Å². The van der Waals surface area contributed by atoms with Crippen LogP contribution in [0, 0.1) is 5.92 Å². The summed E-state index contributed by atoms with van der Waals surface area (Å²) in [5, 5.41) is 32.3. The molecule has 0 bridgehead atoms. The number of carboxylic acids is 1. The van der Waals surface area contributed by atoms with Gasteiger partial charge in [0.05, 0.1) is 17.9 Å². The van der Waals surface area contributed by atoms with Gasteiger partial charge in [0.2, 0.25) is 5.91 Å². The Labute approximate surface area is 140 Å². The van der Waals surface area contributed by atoms with E-state index in [2.05, 4.69) is 15.9 Å². The second-order valence-corrected chi connectivity index (χ2v) is 6.77. The van der Waals surface area contributed by atoms with Gasteiger partial charge in [-0.2, -0.15) is 0 Å². The zero-order chi connectivity index (χ0) is 17.4. The number of carbonyl (C=O) groups is 3. The highest BCUT2D eigenvalue weighted by Gasteiger charge is 2.55. The molecule has 1 aliphatic rings. The van der Waals surface area contributed by atoms with Crippen molar-refractivity contribution in [2.45, 2.75) is 31.0 Å². The van der Waals surface area contributed by atoms with Gasteiger partial charge in [0.15, 0.2) is 5.60 Å². The molecule has 3 unspecified atom stereocenters. The topological polar surface area (TPSA) is 124 Å². The molecule has 3 atom stereocenters. The maximum absolute atomic E-state index is 11.8. The molecule has 124 valence electrons. The van der Waals surface area contributed by atoms with Gasteiger partial charge in [0.25, 0.3) is 5.91 Å². The molecule has 0 aliphatic carbocycles. The number of carboxylic acid groups (broad SMARTS) is 1. The zero-order valence-corrected chi connectivity index (χ0v) is 13.8. The van der Waals surface area contributed by atoms with Crippen LogP contribution in [0.5, 0.6) is 0 Å². The third-order valence-electron chi connectivity index (χ3n) is 4.02. The van der Waals surface area contributed by atoms with Crippen molar-refractivity contribution < 1.29 is 29.7 Å². The number of aliphatic carboxylic acids is 1. The van der Waals surface area contributed by atoms with Crippen LogP contribution in [-0.2, 0) is 20.0 Å². The fourth-order valence-electron chi connectivity index (χ4n) is 2.67. The Kier molecular flexibility index (Phi) is 4.61. The number of benzene rings is 1. The maximum Gasteiger partial charge on any atom is 0.310 e. The molecule has 2 amide bonds.